The SMILES string of the molecule is CC(C)N1C(=O)N[C@](C)([C@H]2CCCN(CC(N)=O)C2)C1=O. The van der Waals surface area contributed by atoms with Crippen LogP contribution in [0.25, 0.3) is 0 Å². The summed E-state index contributed by atoms with van der Waals surface area (Å²) in [6, 6.07) is -0.492. The van der Waals surface area contributed by atoms with Crippen LogP contribution in [0.4, 0.5) is 4.79 Å². The molecule has 0 bridgehead atoms. The zero-order valence-electron chi connectivity index (χ0n) is 12.9. The van der Waals surface area contributed by atoms with Crippen molar-refractivity contribution in [3.63, 3.8) is 0 Å². The summed E-state index contributed by atoms with van der Waals surface area (Å²) in [5.41, 5.74) is 4.35. The third kappa shape index (κ3) is 2.88. The van der Waals surface area contributed by atoms with Crippen LogP contribution in [0.2, 0.25) is 0 Å². The number of amides is 4. The van der Waals surface area contributed by atoms with Crippen LogP contribution in [0, 0.1) is 5.92 Å². The number of nitrogens with zero attached hydrogens (tertiary/aromatic N) is 2. The second-order valence-corrected chi connectivity index (χ2v) is 6.44. The van der Waals surface area contributed by atoms with Gasteiger partial charge in [-0.2, -0.15) is 0 Å². The van der Waals surface area contributed by atoms with Crippen LogP contribution >= 0.6 is 0 Å². The predicted molar refractivity (Wildman–Crippen MR) is 77.3 cm³/mol. The lowest BCUT2D eigenvalue weighted by Gasteiger charge is -2.39. The molecule has 0 aromatic carbocycles. The third-order valence-corrected chi connectivity index (χ3v) is 4.47. The summed E-state index contributed by atoms with van der Waals surface area (Å²) in [5, 5.41) is 2.85. The molecule has 0 aromatic rings. The Morgan fingerprint density at radius 1 is 1.48 bits per heavy atom. The van der Waals surface area contributed by atoms with Crippen LogP contribution in [-0.2, 0) is 9.59 Å². The zero-order valence-corrected chi connectivity index (χ0v) is 12.9. The first-order valence-electron chi connectivity index (χ1n) is 7.42. The largest absolute Gasteiger partial charge is 0.369 e. The fraction of sp³-hybridized carbons (Fsp3) is 0.786. The monoisotopic (exact) mass is 296 g/mol. The first kappa shape index (κ1) is 15.8. The molecule has 7 heteroatoms. The van der Waals surface area contributed by atoms with Gasteiger partial charge < -0.3 is 11.1 Å². The van der Waals surface area contributed by atoms with Gasteiger partial charge in [0.2, 0.25) is 5.91 Å². The highest BCUT2D eigenvalue weighted by molar-refractivity contribution is 6.07. The van der Waals surface area contributed by atoms with E-state index in [0.29, 0.717) is 6.54 Å². The molecule has 3 N–H and O–H groups in total. The number of urea groups is 1. The molecule has 2 saturated heterocycles. The molecule has 2 aliphatic rings. The predicted octanol–water partition coefficient (Wildman–Crippen LogP) is -0.0974. The van der Waals surface area contributed by atoms with Gasteiger partial charge in [0, 0.05) is 18.5 Å². The van der Waals surface area contributed by atoms with Crippen molar-refractivity contribution < 1.29 is 14.4 Å². The van der Waals surface area contributed by atoms with Crippen LogP contribution in [0.3, 0.4) is 0 Å². The van der Waals surface area contributed by atoms with Crippen molar-refractivity contribution in [3.8, 4) is 0 Å². The highest BCUT2D eigenvalue weighted by Crippen LogP contribution is 2.33. The number of piperidine rings is 1. The molecule has 2 heterocycles. The van der Waals surface area contributed by atoms with E-state index < -0.39 is 5.54 Å². The Bertz CT molecular complexity index is 465. The summed E-state index contributed by atoms with van der Waals surface area (Å²) in [6.07, 6.45) is 1.74. The topological polar surface area (TPSA) is 95.7 Å². The second kappa shape index (κ2) is 5.63. The van der Waals surface area contributed by atoms with E-state index in [0.717, 1.165) is 19.4 Å². The summed E-state index contributed by atoms with van der Waals surface area (Å²) in [4.78, 5) is 39.0. The highest BCUT2D eigenvalue weighted by Gasteiger charge is 2.53. The molecule has 0 saturated carbocycles. The van der Waals surface area contributed by atoms with E-state index in [4.69, 9.17) is 5.73 Å². The van der Waals surface area contributed by atoms with Gasteiger partial charge in [-0.25, -0.2) is 4.79 Å². The van der Waals surface area contributed by atoms with Crippen molar-refractivity contribution in [1.29, 1.82) is 0 Å². The molecule has 2 fully saturated rings. The van der Waals surface area contributed by atoms with Gasteiger partial charge in [-0.3, -0.25) is 19.4 Å². The number of carbonyl (C=O) groups excluding carboxylic acids is 3. The summed E-state index contributed by atoms with van der Waals surface area (Å²) in [6.45, 7) is 7.02. The number of primary amides is 1. The molecule has 0 aromatic heterocycles. The van der Waals surface area contributed by atoms with Crippen molar-refractivity contribution >= 4 is 17.8 Å². The molecule has 2 rings (SSSR count). The van der Waals surface area contributed by atoms with Crippen molar-refractivity contribution in [3.05, 3.63) is 0 Å². The molecule has 0 spiro atoms. The van der Waals surface area contributed by atoms with Crippen LogP contribution in [0.5, 0.6) is 0 Å². The molecule has 7 nitrogen and oxygen atoms in total. The summed E-state index contributed by atoms with van der Waals surface area (Å²) >= 11 is 0. The molecule has 21 heavy (non-hydrogen) atoms. The Balaban J connectivity index is 2.14. The maximum Gasteiger partial charge on any atom is 0.325 e. The highest BCUT2D eigenvalue weighted by atomic mass is 16.2. The summed E-state index contributed by atoms with van der Waals surface area (Å²) < 4.78 is 0. The van der Waals surface area contributed by atoms with Gasteiger partial charge in [0.1, 0.15) is 5.54 Å². The van der Waals surface area contributed by atoms with E-state index in [2.05, 4.69) is 5.32 Å². The minimum atomic E-state index is -0.891. The van der Waals surface area contributed by atoms with Gasteiger partial charge in [-0.15, -0.1) is 0 Å². The first-order valence-corrected chi connectivity index (χ1v) is 7.42. The van der Waals surface area contributed by atoms with Crippen molar-refractivity contribution in [2.75, 3.05) is 19.6 Å². The Morgan fingerprint density at radius 2 is 2.14 bits per heavy atom. The Hall–Kier alpha value is -1.63. The number of hydrogen-bond acceptors (Lipinski definition) is 4. The zero-order chi connectivity index (χ0) is 15.8. The molecule has 0 aliphatic carbocycles. The number of nitrogens with one attached hydrogen (secondary N) is 1. The molecule has 2 aliphatic heterocycles. The standard InChI is InChI=1S/C14H24N4O3/c1-9(2)18-12(20)14(3,16-13(18)21)10-5-4-6-17(7-10)8-11(15)19/h9-10H,4-8H2,1-3H3,(H2,15,19)(H,16,21)/t10-,14+/m0/s1. The van der Waals surface area contributed by atoms with Crippen molar-refractivity contribution in [1.82, 2.24) is 15.1 Å². The van der Waals surface area contributed by atoms with Gasteiger partial charge in [0.15, 0.2) is 0 Å². The second-order valence-electron chi connectivity index (χ2n) is 6.44. The number of likely N-dealkylation sites (tertiary alicyclic amines) is 1. The minimum Gasteiger partial charge on any atom is -0.369 e. The quantitative estimate of drug-likeness (QED) is 0.708. The van der Waals surface area contributed by atoms with Crippen molar-refractivity contribution in [2.45, 2.75) is 45.2 Å². The third-order valence-electron chi connectivity index (χ3n) is 4.47. The fourth-order valence-corrected chi connectivity index (χ4v) is 3.31. The molecular weight excluding hydrogens is 272 g/mol. The average Bonchev–Trinajstić information content (AvgIpc) is 2.60. The normalized spacial score (nSPS) is 30.9. The van der Waals surface area contributed by atoms with Gasteiger partial charge in [-0.1, -0.05) is 0 Å². The Kier molecular flexibility index (Phi) is 4.22. The van der Waals surface area contributed by atoms with E-state index in [1.54, 1.807) is 6.92 Å². The van der Waals surface area contributed by atoms with Crippen LogP contribution < -0.4 is 11.1 Å². The lowest BCUT2D eigenvalue weighted by Crippen LogP contribution is -2.56. The Morgan fingerprint density at radius 3 is 2.67 bits per heavy atom. The number of carbonyl (C=O) groups is 3. The van der Waals surface area contributed by atoms with Crippen molar-refractivity contribution in [2.24, 2.45) is 11.7 Å². The van der Waals surface area contributed by atoms with Crippen LogP contribution in [-0.4, -0.2) is 58.9 Å². The molecule has 0 unspecified atom stereocenters. The van der Waals surface area contributed by atoms with E-state index in [1.165, 1.54) is 4.90 Å². The van der Waals surface area contributed by atoms with Gasteiger partial charge in [0.25, 0.3) is 5.91 Å². The smallest absolute Gasteiger partial charge is 0.325 e. The minimum absolute atomic E-state index is 0.00852. The Labute approximate surface area is 124 Å². The lowest BCUT2D eigenvalue weighted by atomic mass is 9.80. The van der Waals surface area contributed by atoms with Crippen LogP contribution in [0.15, 0.2) is 0 Å². The molecule has 2 atom stereocenters. The summed E-state index contributed by atoms with van der Waals surface area (Å²) in [7, 11) is 0. The van der Waals surface area contributed by atoms with E-state index in [9.17, 15) is 14.4 Å². The van der Waals surface area contributed by atoms with Gasteiger partial charge in [0.05, 0.1) is 6.54 Å². The average molecular weight is 296 g/mol. The van der Waals surface area contributed by atoms with E-state index in [1.807, 2.05) is 18.7 Å². The number of hydrogen-bond donors (Lipinski definition) is 2. The maximum atomic E-state index is 12.6. The number of rotatable bonds is 4. The lowest BCUT2D eigenvalue weighted by molar-refractivity contribution is -0.134. The molecule has 0 radical (unpaired) electrons. The fourth-order valence-electron chi connectivity index (χ4n) is 3.31. The molecule has 4 amide bonds. The maximum absolute atomic E-state index is 12.6. The summed E-state index contributed by atoms with van der Waals surface area (Å²) in [5.74, 6) is -0.550. The van der Waals surface area contributed by atoms with Gasteiger partial charge in [-0.05, 0) is 40.2 Å². The van der Waals surface area contributed by atoms with Gasteiger partial charge >= 0.3 is 6.03 Å². The van der Waals surface area contributed by atoms with Crippen LogP contribution in [0.1, 0.15) is 33.6 Å². The first-order chi connectivity index (χ1) is 9.75. The molecular formula is C14H24N4O3. The number of nitrogens with two attached hydrogens (primary N) is 1. The molecule has 118 valence electrons. The van der Waals surface area contributed by atoms with E-state index in [-0.39, 0.29) is 36.3 Å². The number of imide groups is 1. The van der Waals surface area contributed by atoms with E-state index >= 15 is 0 Å².